The molecule has 1 aromatic heterocycles. The Balaban J connectivity index is 1.70. The number of carbonyl (C=O) groups excluding carboxylic acids is 1. The maximum absolute atomic E-state index is 13.6. The summed E-state index contributed by atoms with van der Waals surface area (Å²) >= 11 is 1.62. The van der Waals surface area contributed by atoms with Crippen LogP contribution in [0, 0.1) is 12.7 Å². The molecule has 4 aromatic rings. The van der Waals surface area contributed by atoms with Crippen LogP contribution in [0.15, 0.2) is 80.8 Å². The first-order valence-corrected chi connectivity index (χ1v) is 11.5. The van der Waals surface area contributed by atoms with Crippen molar-refractivity contribution < 1.29 is 13.6 Å². The van der Waals surface area contributed by atoms with E-state index in [1.807, 2.05) is 43.5 Å². The number of fused-ring (bicyclic) bond motifs is 2. The molecule has 0 aliphatic carbocycles. The van der Waals surface area contributed by atoms with Gasteiger partial charge in [-0.3, -0.25) is 9.59 Å². The molecular weight excluding hydrogens is 425 g/mol. The maximum Gasteiger partial charge on any atom is 0.291 e. The topological polar surface area (TPSA) is 50.5 Å². The predicted octanol–water partition coefficient (Wildman–Crippen LogP) is 5.71. The summed E-state index contributed by atoms with van der Waals surface area (Å²) in [6.07, 6.45) is 1.99. The molecule has 0 saturated heterocycles. The van der Waals surface area contributed by atoms with Crippen LogP contribution < -0.4 is 5.43 Å². The smallest absolute Gasteiger partial charge is 0.291 e. The minimum atomic E-state index is -0.584. The zero-order chi connectivity index (χ0) is 22.4. The van der Waals surface area contributed by atoms with Crippen LogP contribution in [-0.2, 0) is 6.54 Å². The summed E-state index contributed by atoms with van der Waals surface area (Å²) in [6.45, 7) is 2.14. The van der Waals surface area contributed by atoms with Crippen molar-refractivity contribution in [1.29, 1.82) is 0 Å². The zero-order valence-corrected chi connectivity index (χ0v) is 18.4. The molecule has 1 aliphatic rings. The summed E-state index contributed by atoms with van der Waals surface area (Å²) < 4.78 is 19.4. The standard InChI is InChI=1S/C26H20FNO3S/c1-15-3-12-21-20(13-15)24(29)22-23(17-6-10-19(32-2)11-7-17)28(26(30)25(22)31-21)14-16-4-8-18(27)9-5-16/h3-13,23H,14H2,1-2H3. The highest BCUT2D eigenvalue weighted by molar-refractivity contribution is 7.98. The van der Waals surface area contributed by atoms with Crippen LogP contribution in [0.3, 0.4) is 0 Å². The van der Waals surface area contributed by atoms with Crippen LogP contribution in [0.4, 0.5) is 4.39 Å². The third-order valence-corrected chi connectivity index (χ3v) is 6.56. The lowest BCUT2D eigenvalue weighted by atomic mass is 9.98. The molecule has 2 heterocycles. The second kappa shape index (κ2) is 7.95. The molecule has 0 N–H and O–H groups in total. The minimum absolute atomic E-state index is 0.0763. The lowest BCUT2D eigenvalue weighted by Gasteiger charge is -2.25. The molecular formula is C26H20FNO3S. The molecule has 0 fully saturated rings. The van der Waals surface area contributed by atoms with Gasteiger partial charge in [-0.2, -0.15) is 0 Å². The number of halogens is 1. The Morgan fingerprint density at radius 2 is 1.72 bits per heavy atom. The van der Waals surface area contributed by atoms with Gasteiger partial charge in [0.05, 0.1) is 17.0 Å². The number of carbonyl (C=O) groups is 1. The number of aryl methyl sites for hydroxylation is 1. The van der Waals surface area contributed by atoms with Crippen LogP contribution in [0.5, 0.6) is 0 Å². The summed E-state index contributed by atoms with van der Waals surface area (Å²) in [7, 11) is 0. The third kappa shape index (κ3) is 3.41. The fourth-order valence-electron chi connectivity index (χ4n) is 4.22. The van der Waals surface area contributed by atoms with Crippen LogP contribution in [0.2, 0.25) is 0 Å². The maximum atomic E-state index is 13.6. The Bertz CT molecular complexity index is 1390. The molecule has 1 atom stereocenters. The molecule has 32 heavy (non-hydrogen) atoms. The van der Waals surface area contributed by atoms with Gasteiger partial charge in [0.2, 0.25) is 5.76 Å². The quantitative estimate of drug-likeness (QED) is 0.378. The van der Waals surface area contributed by atoms with E-state index in [2.05, 4.69) is 0 Å². The summed E-state index contributed by atoms with van der Waals surface area (Å²) in [4.78, 5) is 29.7. The number of thioether (sulfide) groups is 1. The van der Waals surface area contributed by atoms with Crippen molar-refractivity contribution in [2.45, 2.75) is 24.4 Å². The van der Waals surface area contributed by atoms with Gasteiger partial charge in [0.1, 0.15) is 11.4 Å². The molecule has 1 unspecified atom stereocenters. The molecule has 160 valence electrons. The lowest BCUT2D eigenvalue weighted by Crippen LogP contribution is -2.29. The highest BCUT2D eigenvalue weighted by Gasteiger charge is 2.42. The summed E-state index contributed by atoms with van der Waals surface area (Å²) in [5, 5.41) is 0.464. The SMILES string of the molecule is CSc1ccc(C2c3c(oc4ccc(C)cc4c3=O)C(=O)N2Cc2ccc(F)cc2)cc1. The largest absolute Gasteiger partial charge is 0.450 e. The van der Waals surface area contributed by atoms with Crippen molar-refractivity contribution in [3.05, 3.63) is 111 Å². The van der Waals surface area contributed by atoms with E-state index < -0.39 is 6.04 Å². The van der Waals surface area contributed by atoms with Crippen molar-refractivity contribution in [3.8, 4) is 0 Å². The Labute approximate surface area is 188 Å². The fraction of sp³-hybridized carbons (Fsp3) is 0.154. The monoisotopic (exact) mass is 445 g/mol. The van der Waals surface area contributed by atoms with E-state index in [9.17, 15) is 14.0 Å². The van der Waals surface area contributed by atoms with Crippen molar-refractivity contribution in [3.63, 3.8) is 0 Å². The van der Waals surface area contributed by atoms with E-state index in [1.54, 1.807) is 40.9 Å². The predicted molar refractivity (Wildman–Crippen MR) is 124 cm³/mol. The first kappa shape index (κ1) is 20.5. The van der Waals surface area contributed by atoms with E-state index in [4.69, 9.17) is 4.42 Å². The van der Waals surface area contributed by atoms with Crippen LogP contribution in [0.1, 0.15) is 38.9 Å². The van der Waals surface area contributed by atoms with Gasteiger partial charge in [0, 0.05) is 11.4 Å². The summed E-state index contributed by atoms with van der Waals surface area (Å²) in [5.74, 6) is -0.609. The highest BCUT2D eigenvalue weighted by Crippen LogP contribution is 2.39. The molecule has 1 aliphatic heterocycles. The first-order valence-electron chi connectivity index (χ1n) is 10.2. The van der Waals surface area contributed by atoms with Crippen molar-refractivity contribution >= 4 is 28.6 Å². The van der Waals surface area contributed by atoms with Gasteiger partial charge in [0.25, 0.3) is 5.91 Å². The molecule has 0 spiro atoms. The number of hydrogen-bond donors (Lipinski definition) is 0. The Hall–Kier alpha value is -3.38. The Morgan fingerprint density at radius 3 is 2.41 bits per heavy atom. The van der Waals surface area contributed by atoms with Gasteiger partial charge < -0.3 is 9.32 Å². The lowest BCUT2D eigenvalue weighted by molar-refractivity contribution is 0.0714. The molecule has 3 aromatic carbocycles. The van der Waals surface area contributed by atoms with Crippen molar-refractivity contribution in [2.24, 2.45) is 0 Å². The number of amides is 1. The van der Waals surface area contributed by atoms with Gasteiger partial charge in [0.15, 0.2) is 5.43 Å². The number of rotatable bonds is 4. The van der Waals surface area contributed by atoms with Crippen LogP contribution >= 0.6 is 11.8 Å². The third-order valence-electron chi connectivity index (χ3n) is 5.82. The van der Waals surface area contributed by atoms with Gasteiger partial charge in [-0.15, -0.1) is 11.8 Å². The van der Waals surface area contributed by atoms with Crippen molar-refractivity contribution in [2.75, 3.05) is 6.26 Å². The molecule has 4 nitrogen and oxygen atoms in total. The van der Waals surface area contributed by atoms with E-state index in [0.29, 0.717) is 16.5 Å². The fourth-order valence-corrected chi connectivity index (χ4v) is 4.62. The molecule has 0 radical (unpaired) electrons. The van der Waals surface area contributed by atoms with Gasteiger partial charge >= 0.3 is 0 Å². The van der Waals surface area contributed by atoms with E-state index >= 15 is 0 Å². The average Bonchev–Trinajstić information content (AvgIpc) is 3.08. The highest BCUT2D eigenvalue weighted by atomic mass is 32.2. The summed E-state index contributed by atoms with van der Waals surface area (Å²) in [6, 6.07) is 18.7. The Morgan fingerprint density at radius 1 is 1.00 bits per heavy atom. The molecule has 5 rings (SSSR count). The second-order valence-corrected chi connectivity index (χ2v) is 8.79. The van der Waals surface area contributed by atoms with Crippen LogP contribution in [0.25, 0.3) is 11.0 Å². The van der Waals surface area contributed by atoms with Gasteiger partial charge in [-0.25, -0.2) is 4.39 Å². The molecule has 0 bridgehead atoms. The number of nitrogens with zero attached hydrogens (tertiary/aromatic N) is 1. The Kier molecular flexibility index (Phi) is 5.10. The van der Waals surface area contributed by atoms with E-state index in [0.717, 1.165) is 21.6 Å². The molecule has 1 amide bonds. The molecule has 0 saturated carbocycles. The molecule has 6 heteroatoms. The van der Waals surface area contributed by atoms with E-state index in [-0.39, 0.29) is 29.5 Å². The minimum Gasteiger partial charge on any atom is -0.450 e. The number of benzene rings is 3. The zero-order valence-electron chi connectivity index (χ0n) is 17.6. The normalized spacial score (nSPS) is 15.4. The van der Waals surface area contributed by atoms with Crippen molar-refractivity contribution in [1.82, 2.24) is 4.90 Å². The van der Waals surface area contributed by atoms with Crippen LogP contribution in [-0.4, -0.2) is 17.1 Å². The average molecular weight is 446 g/mol. The van der Waals surface area contributed by atoms with Gasteiger partial charge in [-0.05, 0) is 60.7 Å². The summed E-state index contributed by atoms with van der Waals surface area (Å²) in [5.41, 5.74) is 3.10. The first-order chi connectivity index (χ1) is 15.5. The second-order valence-electron chi connectivity index (χ2n) is 7.91. The number of hydrogen-bond acceptors (Lipinski definition) is 4. The van der Waals surface area contributed by atoms with Gasteiger partial charge in [-0.1, -0.05) is 35.9 Å². The van der Waals surface area contributed by atoms with E-state index in [1.165, 1.54) is 12.1 Å².